The fourth-order valence-electron chi connectivity index (χ4n) is 10.9. The average Bonchev–Trinajstić information content (AvgIpc) is 4.26. The molecular weight excluding hydrogens is 1240 g/mol. The van der Waals surface area contributed by atoms with Gasteiger partial charge < -0.3 is 10.0 Å². The minimum absolute atomic E-state index is 0.511. The van der Waals surface area contributed by atoms with Crippen LogP contribution in [0.2, 0.25) is 0 Å². The largest absolute Gasteiger partial charge is 0.488 e. The van der Waals surface area contributed by atoms with Gasteiger partial charge in [-0.1, -0.05) is 152 Å². The number of pyridine rings is 4. The zero-order valence-corrected chi connectivity index (χ0v) is 48.9. The van der Waals surface area contributed by atoms with Crippen LogP contribution in [0.1, 0.15) is 0 Å². The lowest BCUT2D eigenvalue weighted by Crippen LogP contribution is -2.29. The molecule has 0 aliphatic carbocycles. The first-order valence-electron chi connectivity index (χ1n) is 26.8. The molecule has 0 saturated carbocycles. The summed E-state index contributed by atoms with van der Waals surface area (Å²) in [6.45, 7) is 0. The molecule has 0 radical (unpaired) electrons. The SMILES string of the molecule is Brc1nc(-c2cccc(-c3ccccc3)c2)c2ccc3ccc(-n4c5ccccc5c5cccnc54)nc3c2n1.Brc1nc(Br)c2ccc3ccc(-n4c5ccccc5c5cccnc54)nc3c2n1.OB(O)c1cccc(-c2ccccc2)c1. The van der Waals surface area contributed by atoms with Crippen LogP contribution in [-0.2, 0) is 0 Å². The molecule has 0 amide bonds. The van der Waals surface area contributed by atoms with Crippen molar-refractivity contribution in [1.29, 1.82) is 0 Å². The summed E-state index contributed by atoms with van der Waals surface area (Å²) < 4.78 is 6.02. The molecule has 0 saturated heterocycles. The van der Waals surface area contributed by atoms with E-state index in [4.69, 9.17) is 35.0 Å². The van der Waals surface area contributed by atoms with Crippen LogP contribution >= 0.6 is 47.8 Å². The maximum atomic E-state index is 9.05. The molecule has 8 aromatic carbocycles. The lowest BCUT2D eigenvalue weighted by atomic mass is 9.79. The lowest BCUT2D eigenvalue weighted by molar-refractivity contribution is 0.426. The Kier molecular flexibility index (Phi) is 14.0. The van der Waals surface area contributed by atoms with Gasteiger partial charge >= 0.3 is 7.12 Å². The van der Waals surface area contributed by atoms with Crippen LogP contribution in [0.25, 0.3) is 133 Å². The van der Waals surface area contributed by atoms with Gasteiger partial charge in [-0.15, -0.1) is 0 Å². The number of fused-ring (bicyclic) bond motifs is 12. The molecule has 0 unspecified atom stereocenters. The normalized spacial score (nSPS) is 11.4. The Morgan fingerprint density at radius 2 is 0.786 bits per heavy atom. The average molecular weight is 1280 g/mol. The Hall–Kier alpha value is -9.42. The van der Waals surface area contributed by atoms with Gasteiger partial charge in [-0.2, -0.15) is 0 Å². The van der Waals surface area contributed by atoms with Crippen molar-refractivity contribution in [2.75, 3.05) is 0 Å². The number of rotatable bonds is 6. The van der Waals surface area contributed by atoms with Gasteiger partial charge in [0.15, 0.2) is 9.47 Å². The van der Waals surface area contributed by atoms with Gasteiger partial charge in [0.2, 0.25) is 0 Å². The number of hydrogen-bond donors (Lipinski definition) is 2. The van der Waals surface area contributed by atoms with E-state index < -0.39 is 7.12 Å². The Balaban J connectivity index is 0.000000124. The zero-order valence-electron chi connectivity index (χ0n) is 44.2. The molecule has 0 atom stereocenters. The highest BCUT2D eigenvalue weighted by molar-refractivity contribution is 9.11. The first-order valence-corrected chi connectivity index (χ1v) is 29.2. The summed E-state index contributed by atoms with van der Waals surface area (Å²) in [5.41, 5.74) is 13.9. The lowest BCUT2D eigenvalue weighted by Gasteiger charge is -2.12. The van der Waals surface area contributed by atoms with Crippen molar-refractivity contribution in [3.8, 4) is 45.1 Å². The molecule has 0 bridgehead atoms. The van der Waals surface area contributed by atoms with Crippen LogP contribution in [0.5, 0.6) is 0 Å². The van der Waals surface area contributed by atoms with Crippen LogP contribution in [-0.4, -0.2) is 66.2 Å². The molecule has 2 N–H and O–H groups in total. The third-order valence-electron chi connectivity index (χ3n) is 14.8. The van der Waals surface area contributed by atoms with Crippen molar-refractivity contribution in [3.63, 3.8) is 0 Å². The maximum absolute atomic E-state index is 9.05. The number of halogens is 3. The molecule has 0 aliphatic heterocycles. The van der Waals surface area contributed by atoms with E-state index in [1.807, 2.05) is 109 Å². The van der Waals surface area contributed by atoms with E-state index in [0.717, 1.165) is 132 Å². The standard InChI is InChI=1S/C34H20BrN5.C22H11Br2N5.C12H11BO2/c35-34-38-30(24-11-6-10-23(20-24)21-8-2-1-3-9-21)27-17-15-22-16-18-29(37-31(22)32(27)39-34)40-28-14-5-4-12-25(28)26-13-7-19-36-33(26)40;23-20-15-9-7-12-8-10-17(26-18(12)19(15)27-22(24)28-20)29-16-6-2-1-4-13(16)14-5-3-11-25-21(14)29;14-13(15)12-8-4-7-11(9-12)10-5-2-1-3-6-10/h1-20H;1-11H;1-9,14-15H. The highest BCUT2D eigenvalue weighted by Crippen LogP contribution is 2.37. The second-order valence-electron chi connectivity index (χ2n) is 19.8. The van der Waals surface area contributed by atoms with Gasteiger partial charge in [0.1, 0.15) is 38.6 Å². The molecular formula is C68H42BBr3N10O2. The van der Waals surface area contributed by atoms with Crippen LogP contribution < -0.4 is 5.46 Å². The Morgan fingerprint density at radius 1 is 0.333 bits per heavy atom. The minimum Gasteiger partial charge on any atom is -0.423 e. The second-order valence-corrected chi connectivity index (χ2v) is 22.0. The topological polar surface area (TPSA) is 153 Å². The van der Waals surface area contributed by atoms with Crippen LogP contribution in [0.4, 0.5) is 0 Å². The Labute approximate surface area is 505 Å². The van der Waals surface area contributed by atoms with Crippen LogP contribution in [0, 0.1) is 0 Å². The highest BCUT2D eigenvalue weighted by Gasteiger charge is 2.19. The zero-order chi connectivity index (χ0) is 56.8. The third-order valence-corrected chi connectivity index (χ3v) is 16.1. The van der Waals surface area contributed by atoms with Gasteiger partial charge in [0.25, 0.3) is 0 Å². The van der Waals surface area contributed by atoms with Crippen molar-refractivity contribution < 1.29 is 10.0 Å². The first kappa shape index (κ1) is 52.6. The van der Waals surface area contributed by atoms with Crippen molar-refractivity contribution in [3.05, 3.63) is 257 Å². The predicted molar refractivity (Wildman–Crippen MR) is 350 cm³/mol. The number of hydrogen-bond acceptors (Lipinski definition) is 10. The van der Waals surface area contributed by atoms with E-state index in [2.05, 4.69) is 193 Å². The summed E-state index contributed by atoms with van der Waals surface area (Å²) in [7, 11) is -1.41. The summed E-state index contributed by atoms with van der Waals surface area (Å²) >= 11 is 10.5. The number of para-hydroxylation sites is 2. The number of benzene rings is 8. The van der Waals surface area contributed by atoms with Crippen molar-refractivity contribution in [2.45, 2.75) is 0 Å². The predicted octanol–water partition coefficient (Wildman–Crippen LogP) is 16.0. The molecule has 12 nitrogen and oxygen atoms in total. The van der Waals surface area contributed by atoms with Crippen molar-refractivity contribution in [1.82, 2.24) is 49.0 Å². The van der Waals surface area contributed by atoms with Crippen molar-refractivity contribution in [2.24, 2.45) is 0 Å². The van der Waals surface area contributed by atoms with E-state index in [9.17, 15) is 0 Å². The van der Waals surface area contributed by atoms with Crippen molar-refractivity contribution >= 4 is 148 Å². The van der Waals surface area contributed by atoms with Gasteiger partial charge in [-0.05, 0) is 154 Å². The molecule has 400 valence electrons. The summed E-state index contributed by atoms with van der Waals surface area (Å²) in [5.74, 6) is 1.60. The summed E-state index contributed by atoms with van der Waals surface area (Å²) in [6.07, 6.45) is 3.64. The first-order chi connectivity index (χ1) is 41.2. The number of nitrogens with zero attached hydrogens (tertiary/aromatic N) is 10. The molecule has 0 spiro atoms. The quantitative estimate of drug-likeness (QED) is 0.0712. The van der Waals surface area contributed by atoms with Gasteiger partial charge in [0.05, 0.1) is 27.8 Å². The molecule has 16 rings (SSSR count). The molecule has 0 aliphatic rings. The van der Waals surface area contributed by atoms with E-state index in [1.54, 1.807) is 12.1 Å². The smallest absolute Gasteiger partial charge is 0.423 e. The van der Waals surface area contributed by atoms with Gasteiger partial charge in [-0.3, -0.25) is 9.13 Å². The van der Waals surface area contributed by atoms with E-state index in [0.29, 0.717) is 14.9 Å². The Morgan fingerprint density at radius 3 is 1.36 bits per heavy atom. The third kappa shape index (κ3) is 9.82. The molecule has 16 heteroatoms. The highest BCUT2D eigenvalue weighted by atomic mass is 79.9. The van der Waals surface area contributed by atoms with E-state index in [1.165, 1.54) is 5.56 Å². The molecule has 8 aromatic heterocycles. The van der Waals surface area contributed by atoms with E-state index in [-0.39, 0.29) is 0 Å². The van der Waals surface area contributed by atoms with Crippen LogP contribution in [0.3, 0.4) is 0 Å². The van der Waals surface area contributed by atoms with E-state index >= 15 is 0 Å². The fraction of sp³-hybridized carbons (Fsp3) is 0. The molecule has 84 heavy (non-hydrogen) atoms. The monoisotopic (exact) mass is 1280 g/mol. The molecule has 8 heterocycles. The second kappa shape index (κ2) is 22.4. The molecule has 0 fully saturated rings. The fourth-order valence-corrected chi connectivity index (χ4v) is 12.4. The summed E-state index contributed by atoms with van der Waals surface area (Å²) in [4.78, 5) is 38.2. The minimum atomic E-state index is -1.41. The number of aromatic nitrogens is 10. The maximum Gasteiger partial charge on any atom is 0.488 e. The molecule has 16 aromatic rings. The van der Waals surface area contributed by atoms with Gasteiger partial charge in [-0.25, -0.2) is 39.9 Å². The summed E-state index contributed by atoms with van der Waals surface area (Å²) in [6, 6.07) is 77.2. The summed E-state index contributed by atoms with van der Waals surface area (Å²) in [5, 5.41) is 26.5. The van der Waals surface area contributed by atoms with Crippen LogP contribution in [0.15, 0.2) is 257 Å². The Bertz CT molecular complexity index is 5100. The van der Waals surface area contributed by atoms with Gasteiger partial charge in [0, 0.05) is 61.0 Å².